The highest BCUT2D eigenvalue weighted by Gasteiger charge is 2.19. The van der Waals surface area contributed by atoms with Crippen molar-refractivity contribution in [1.29, 1.82) is 0 Å². The lowest BCUT2D eigenvalue weighted by molar-refractivity contribution is -0.129. The van der Waals surface area contributed by atoms with Gasteiger partial charge in [0.05, 0.1) is 6.54 Å². The second kappa shape index (κ2) is 5.32. The number of likely N-dealkylation sites (tertiary alicyclic amines) is 1. The van der Waals surface area contributed by atoms with Crippen LogP contribution >= 0.6 is 0 Å². The minimum Gasteiger partial charge on any atom is -0.344 e. The van der Waals surface area contributed by atoms with E-state index in [0.29, 0.717) is 5.92 Å². The smallest absolute Gasteiger partial charge is 0.236 e. The van der Waals surface area contributed by atoms with Gasteiger partial charge in [-0.25, -0.2) is 0 Å². The zero-order valence-electron chi connectivity index (χ0n) is 9.20. The Kier molecular flexibility index (Phi) is 4.35. The summed E-state index contributed by atoms with van der Waals surface area (Å²) >= 11 is 0. The fourth-order valence-electron chi connectivity index (χ4n) is 2.07. The molecule has 0 radical (unpaired) electrons. The molecule has 1 saturated heterocycles. The van der Waals surface area contributed by atoms with E-state index in [1.165, 1.54) is 19.4 Å². The molecule has 0 aromatic carbocycles. The zero-order valence-corrected chi connectivity index (χ0v) is 9.20. The van der Waals surface area contributed by atoms with Gasteiger partial charge in [-0.1, -0.05) is 0 Å². The van der Waals surface area contributed by atoms with Gasteiger partial charge in [-0.05, 0) is 32.4 Å². The van der Waals surface area contributed by atoms with E-state index in [1.54, 1.807) is 4.90 Å². The zero-order chi connectivity index (χ0) is 10.6. The molecule has 0 bridgehead atoms. The Hall–Kier alpha value is -0.610. The highest BCUT2D eigenvalue weighted by Crippen LogP contribution is 2.15. The molecule has 1 heterocycles. The normalized spacial score (nSPS) is 23.5. The number of carbonyl (C=O) groups is 1. The van der Waals surface area contributed by atoms with Gasteiger partial charge in [-0.2, -0.15) is 0 Å². The molecule has 1 rings (SSSR count). The number of rotatable bonds is 3. The van der Waals surface area contributed by atoms with Crippen molar-refractivity contribution in [3.63, 3.8) is 0 Å². The summed E-state index contributed by atoms with van der Waals surface area (Å²) in [5, 5.41) is 0. The van der Waals surface area contributed by atoms with Gasteiger partial charge in [-0.3, -0.25) is 4.79 Å². The standard InChI is InChI=1S/C10H21N3O/c1-12-5-3-4-9(7-12)8-13(2)10(14)6-11/h9H,3-8,11H2,1-2H3. The summed E-state index contributed by atoms with van der Waals surface area (Å²) in [5.74, 6) is 0.660. The maximum Gasteiger partial charge on any atom is 0.236 e. The van der Waals surface area contributed by atoms with Crippen LogP contribution in [0.15, 0.2) is 0 Å². The maximum atomic E-state index is 11.3. The van der Waals surface area contributed by atoms with Crippen LogP contribution in [-0.2, 0) is 4.79 Å². The highest BCUT2D eigenvalue weighted by molar-refractivity contribution is 5.77. The average Bonchev–Trinajstić information content (AvgIpc) is 2.16. The Labute approximate surface area is 86.0 Å². The first kappa shape index (κ1) is 11.5. The number of carbonyl (C=O) groups excluding carboxylic acids is 1. The van der Waals surface area contributed by atoms with Crippen molar-refractivity contribution in [2.75, 3.05) is 40.3 Å². The lowest BCUT2D eigenvalue weighted by Crippen LogP contribution is -2.41. The summed E-state index contributed by atoms with van der Waals surface area (Å²) in [6.45, 7) is 3.26. The van der Waals surface area contributed by atoms with Crippen LogP contribution < -0.4 is 5.73 Å². The molecule has 1 amide bonds. The van der Waals surface area contributed by atoms with Crippen molar-refractivity contribution in [2.24, 2.45) is 11.7 Å². The highest BCUT2D eigenvalue weighted by atomic mass is 16.2. The van der Waals surface area contributed by atoms with Crippen LogP contribution in [0.25, 0.3) is 0 Å². The predicted molar refractivity (Wildman–Crippen MR) is 56.9 cm³/mol. The Bertz CT molecular complexity index is 196. The number of amides is 1. The molecule has 1 aliphatic heterocycles. The van der Waals surface area contributed by atoms with Gasteiger partial charge in [0.2, 0.25) is 5.91 Å². The minimum atomic E-state index is 0.0400. The van der Waals surface area contributed by atoms with E-state index in [2.05, 4.69) is 11.9 Å². The number of likely N-dealkylation sites (N-methyl/N-ethyl adjacent to an activating group) is 1. The van der Waals surface area contributed by atoms with E-state index in [4.69, 9.17) is 5.73 Å². The largest absolute Gasteiger partial charge is 0.344 e. The number of piperidine rings is 1. The summed E-state index contributed by atoms with van der Waals surface area (Å²) in [5.41, 5.74) is 5.30. The van der Waals surface area contributed by atoms with E-state index >= 15 is 0 Å². The van der Waals surface area contributed by atoms with Crippen molar-refractivity contribution in [3.8, 4) is 0 Å². The molecule has 82 valence electrons. The second-order valence-corrected chi connectivity index (χ2v) is 4.25. The Morgan fingerprint density at radius 3 is 2.93 bits per heavy atom. The summed E-state index contributed by atoms with van der Waals surface area (Å²) in [4.78, 5) is 15.3. The lowest BCUT2D eigenvalue weighted by Gasteiger charge is -2.32. The molecule has 0 saturated carbocycles. The molecule has 0 spiro atoms. The van der Waals surface area contributed by atoms with E-state index in [9.17, 15) is 4.79 Å². The van der Waals surface area contributed by atoms with E-state index in [1.807, 2.05) is 7.05 Å². The quantitative estimate of drug-likeness (QED) is 0.681. The van der Waals surface area contributed by atoms with Gasteiger partial charge >= 0.3 is 0 Å². The predicted octanol–water partition coefficient (Wildman–Crippen LogP) is -0.255. The van der Waals surface area contributed by atoms with E-state index in [0.717, 1.165) is 13.1 Å². The van der Waals surface area contributed by atoms with Crippen LogP contribution in [-0.4, -0.2) is 56.0 Å². The number of nitrogens with two attached hydrogens (primary N) is 1. The summed E-state index contributed by atoms with van der Waals surface area (Å²) in [7, 11) is 3.97. The molecule has 4 nitrogen and oxygen atoms in total. The van der Waals surface area contributed by atoms with Crippen molar-refractivity contribution in [1.82, 2.24) is 9.80 Å². The van der Waals surface area contributed by atoms with Crippen LogP contribution in [0.1, 0.15) is 12.8 Å². The van der Waals surface area contributed by atoms with Crippen LogP contribution in [0, 0.1) is 5.92 Å². The molecule has 4 heteroatoms. The number of hydrogen-bond acceptors (Lipinski definition) is 3. The third-order valence-electron chi connectivity index (χ3n) is 2.85. The Morgan fingerprint density at radius 2 is 2.36 bits per heavy atom. The van der Waals surface area contributed by atoms with Crippen LogP contribution in [0.3, 0.4) is 0 Å². The molecule has 0 aromatic rings. The summed E-state index contributed by atoms with van der Waals surface area (Å²) < 4.78 is 0. The SMILES string of the molecule is CN1CCCC(CN(C)C(=O)CN)C1. The molecule has 0 aromatic heterocycles. The first-order valence-electron chi connectivity index (χ1n) is 5.26. The van der Waals surface area contributed by atoms with Crippen molar-refractivity contribution >= 4 is 5.91 Å². The second-order valence-electron chi connectivity index (χ2n) is 4.25. The van der Waals surface area contributed by atoms with E-state index < -0.39 is 0 Å². The third kappa shape index (κ3) is 3.27. The third-order valence-corrected chi connectivity index (χ3v) is 2.85. The lowest BCUT2D eigenvalue weighted by atomic mass is 9.98. The fourth-order valence-corrected chi connectivity index (χ4v) is 2.07. The van der Waals surface area contributed by atoms with Crippen LogP contribution in [0.5, 0.6) is 0 Å². The van der Waals surface area contributed by atoms with Gasteiger partial charge < -0.3 is 15.5 Å². The van der Waals surface area contributed by atoms with Crippen molar-refractivity contribution in [3.05, 3.63) is 0 Å². The van der Waals surface area contributed by atoms with Crippen LogP contribution in [0.4, 0.5) is 0 Å². The van der Waals surface area contributed by atoms with Gasteiger partial charge in [0.15, 0.2) is 0 Å². The Morgan fingerprint density at radius 1 is 1.64 bits per heavy atom. The molecule has 0 aliphatic carbocycles. The minimum absolute atomic E-state index is 0.0400. The Balaban J connectivity index is 2.32. The fraction of sp³-hybridized carbons (Fsp3) is 0.900. The topological polar surface area (TPSA) is 49.6 Å². The molecule has 1 fully saturated rings. The number of nitrogens with zero attached hydrogens (tertiary/aromatic N) is 2. The summed E-state index contributed by atoms with van der Waals surface area (Å²) in [6, 6.07) is 0. The first-order valence-corrected chi connectivity index (χ1v) is 5.26. The molecule has 14 heavy (non-hydrogen) atoms. The first-order chi connectivity index (χ1) is 6.63. The van der Waals surface area contributed by atoms with Gasteiger partial charge in [0, 0.05) is 20.1 Å². The molecule has 1 atom stereocenters. The maximum absolute atomic E-state index is 11.3. The molecule has 1 unspecified atom stereocenters. The van der Waals surface area contributed by atoms with Crippen LogP contribution in [0.2, 0.25) is 0 Å². The number of hydrogen-bond donors (Lipinski definition) is 1. The molecule has 1 aliphatic rings. The molecular formula is C10H21N3O. The van der Waals surface area contributed by atoms with Crippen molar-refractivity contribution < 1.29 is 4.79 Å². The average molecular weight is 199 g/mol. The molecular weight excluding hydrogens is 178 g/mol. The monoisotopic (exact) mass is 199 g/mol. The van der Waals surface area contributed by atoms with Crippen molar-refractivity contribution in [2.45, 2.75) is 12.8 Å². The van der Waals surface area contributed by atoms with Gasteiger partial charge in [-0.15, -0.1) is 0 Å². The van der Waals surface area contributed by atoms with E-state index in [-0.39, 0.29) is 12.5 Å². The van der Waals surface area contributed by atoms with Gasteiger partial charge in [0.25, 0.3) is 0 Å². The molecule has 2 N–H and O–H groups in total. The summed E-state index contributed by atoms with van der Waals surface area (Å²) in [6.07, 6.45) is 2.47. The van der Waals surface area contributed by atoms with Gasteiger partial charge in [0.1, 0.15) is 0 Å².